The predicted octanol–water partition coefficient (Wildman–Crippen LogP) is 4.70. The highest BCUT2D eigenvalue weighted by Crippen LogP contribution is 2.33. The van der Waals surface area contributed by atoms with Crippen molar-refractivity contribution in [2.24, 2.45) is 5.73 Å². The molecule has 6 heteroatoms. The summed E-state index contributed by atoms with van der Waals surface area (Å²) in [6, 6.07) is 10.7. The first kappa shape index (κ1) is 15.9. The largest absolute Gasteiger partial charge is 0.573 e. The molecule has 0 bridgehead atoms. The molecule has 0 aliphatic heterocycles. The van der Waals surface area contributed by atoms with Crippen LogP contribution >= 0.6 is 15.9 Å². The van der Waals surface area contributed by atoms with Gasteiger partial charge >= 0.3 is 6.36 Å². The van der Waals surface area contributed by atoms with Gasteiger partial charge in [0.2, 0.25) is 0 Å². The summed E-state index contributed by atoms with van der Waals surface area (Å²) in [6.45, 7) is 1.86. The normalized spacial score (nSPS) is 13.0. The van der Waals surface area contributed by atoms with Crippen LogP contribution < -0.4 is 10.5 Å². The van der Waals surface area contributed by atoms with E-state index >= 15 is 0 Å². The molecule has 2 aromatic rings. The molecule has 0 heterocycles. The highest BCUT2D eigenvalue weighted by molar-refractivity contribution is 9.10. The summed E-state index contributed by atoms with van der Waals surface area (Å²) in [5.74, 6) is -0.281. The fourth-order valence-electron chi connectivity index (χ4n) is 2.07. The van der Waals surface area contributed by atoms with E-state index in [1.165, 1.54) is 18.2 Å². The van der Waals surface area contributed by atoms with Crippen LogP contribution in [0.3, 0.4) is 0 Å². The van der Waals surface area contributed by atoms with E-state index in [0.717, 1.165) is 15.6 Å². The molecule has 1 atom stereocenters. The molecule has 1 unspecified atom stereocenters. The van der Waals surface area contributed by atoms with Crippen LogP contribution in [0, 0.1) is 6.92 Å². The second-order valence-corrected chi connectivity index (χ2v) is 5.48. The third kappa shape index (κ3) is 3.98. The average Bonchev–Trinajstić information content (AvgIpc) is 2.39. The summed E-state index contributed by atoms with van der Waals surface area (Å²) < 4.78 is 42.2. The SMILES string of the molecule is Cc1ccc(Br)cc1C(N)c1ccccc1OC(F)(F)F. The summed E-state index contributed by atoms with van der Waals surface area (Å²) in [7, 11) is 0. The summed E-state index contributed by atoms with van der Waals surface area (Å²) in [5, 5.41) is 0. The molecule has 112 valence electrons. The van der Waals surface area contributed by atoms with Gasteiger partial charge in [-0.25, -0.2) is 0 Å². The van der Waals surface area contributed by atoms with Crippen molar-refractivity contribution in [1.82, 2.24) is 0 Å². The molecule has 21 heavy (non-hydrogen) atoms. The maximum absolute atomic E-state index is 12.5. The van der Waals surface area contributed by atoms with E-state index in [9.17, 15) is 13.2 Å². The molecule has 0 saturated heterocycles. The number of nitrogens with two attached hydrogens (primary N) is 1. The lowest BCUT2D eigenvalue weighted by Crippen LogP contribution is -2.21. The molecule has 0 aromatic heterocycles. The zero-order valence-corrected chi connectivity index (χ0v) is 12.7. The molecule has 0 saturated carbocycles. The number of ether oxygens (including phenoxy) is 1. The van der Waals surface area contributed by atoms with E-state index in [0.29, 0.717) is 0 Å². The molecule has 2 N–H and O–H groups in total. The minimum atomic E-state index is -4.75. The quantitative estimate of drug-likeness (QED) is 0.861. The van der Waals surface area contributed by atoms with Gasteiger partial charge in [-0.05, 0) is 36.2 Å². The van der Waals surface area contributed by atoms with E-state index in [4.69, 9.17) is 5.73 Å². The smallest absolute Gasteiger partial charge is 0.405 e. The van der Waals surface area contributed by atoms with Gasteiger partial charge < -0.3 is 10.5 Å². The third-order valence-corrected chi connectivity index (χ3v) is 3.55. The molecule has 2 nitrogen and oxygen atoms in total. The summed E-state index contributed by atoms with van der Waals surface area (Å²) >= 11 is 3.34. The second kappa shape index (κ2) is 6.07. The van der Waals surface area contributed by atoms with Gasteiger partial charge in [-0.2, -0.15) is 0 Å². The van der Waals surface area contributed by atoms with Crippen molar-refractivity contribution in [1.29, 1.82) is 0 Å². The van der Waals surface area contributed by atoms with Crippen LogP contribution in [0.1, 0.15) is 22.7 Å². The molecule has 0 radical (unpaired) electrons. The average molecular weight is 360 g/mol. The number of hydrogen-bond acceptors (Lipinski definition) is 2. The summed E-state index contributed by atoms with van der Waals surface area (Å²) in [6.07, 6.45) is -4.75. The van der Waals surface area contributed by atoms with Crippen molar-refractivity contribution in [2.75, 3.05) is 0 Å². The van der Waals surface area contributed by atoms with Gasteiger partial charge in [0, 0.05) is 10.0 Å². The van der Waals surface area contributed by atoms with Gasteiger partial charge in [0.25, 0.3) is 0 Å². The molecule has 0 fully saturated rings. The highest BCUT2D eigenvalue weighted by atomic mass is 79.9. The highest BCUT2D eigenvalue weighted by Gasteiger charge is 2.32. The minimum Gasteiger partial charge on any atom is -0.405 e. The Labute approximate surface area is 128 Å². The van der Waals surface area contributed by atoms with Crippen molar-refractivity contribution in [3.8, 4) is 5.75 Å². The fraction of sp³-hybridized carbons (Fsp3) is 0.200. The first-order valence-electron chi connectivity index (χ1n) is 6.14. The Balaban J connectivity index is 2.44. The lowest BCUT2D eigenvalue weighted by molar-refractivity contribution is -0.274. The number of halogens is 4. The lowest BCUT2D eigenvalue weighted by atomic mass is 9.95. The Morgan fingerprint density at radius 2 is 1.76 bits per heavy atom. The van der Waals surface area contributed by atoms with Crippen molar-refractivity contribution in [2.45, 2.75) is 19.3 Å². The molecule has 0 spiro atoms. The summed E-state index contributed by atoms with van der Waals surface area (Å²) in [4.78, 5) is 0. The van der Waals surface area contributed by atoms with Crippen LogP contribution in [-0.2, 0) is 0 Å². The van der Waals surface area contributed by atoms with E-state index in [2.05, 4.69) is 20.7 Å². The second-order valence-electron chi connectivity index (χ2n) is 4.56. The standard InChI is InChI=1S/C15H13BrF3NO/c1-9-6-7-10(16)8-12(9)14(20)11-4-2-3-5-13(11)21-15(17,18)19/h2-8,14H,20H2,1H3. The van der Waals surface area contributed by atoms with Crippen molar-refractivity contribution >= 4 is 15.9 Å². The first-order valence-corrected chi connectivity index (χ1v) is 6.93. The van der Waals surface area contributed by atoms with E-state index in [-0.39, 0.29) is 11.3 Å². The van der Waals surface area contributed by atoms with Crippen LogP contribution in [0.25, 0.3) is 0 Å². The number of hydrogen-bond donors (Lipinski definition) is 1. The third-order valence-electron chi connectivity index (χ3n) is 3.06. The van der Waals surface area contributed by atoms with Crippen molar-refractivity contribution in [3.05, 3.63) is 63.6 Å². The molecule has 0 aliphatic carbocycles. The molecular formula is C15H13BrF3NO. The topological polar surface area (TPSA) is 35.2 Å². The Bertz CT molecular complexity index is 643. The minimum absolute atomic E-state index is 0.281. The number of para-hydroxylation sites is 1. The van der Waals surface area contributed by atoms with E-state index < -0.39 is 12.4 Å². The van der Waals surface area contributed by atoms with Gasteiger partial charge in [0.15, 0.2) is 0 Å². The Morgan fingerprint density at radius 1 is 1.10 bits per heavy atom. The Kier molecular flexibility index (Phi) is 4.58. The molecule has 0 aliphatic rings. The van der Waals surface area contributed by atoms with E-state index in [1.54, 1.807) is 12.1 Å². The van der Waals surface area contributed by atoms with Crippen LogP contribution in [0.2, 0.25) is 0 Å². The molecule has 2 aromatic carbocycles. The van der Waals surface area contributed by atoms with Gasteiger partial charge in [-0.15, -0.1) is 13.2 Å². The number of benzene rings is 2. The van der Waals surface area contributed by atoms with Crippen molar-refractivity contribution < 1.29 is 17.9 Å². The molecule has 2 rings (SSSR count). The van der Waals surface area contributed by atoms with Gasteiger partial charge in [-0.1, -0.05) is 40.2 Å². The van der Waals surface area contributed by atoms with E-state index in [1.807, 2.05) is 19.1 Å². The summed E-state index contributed by atoms with van der Waals surface area (Å²) in [5.41, 5.74) is 8.06. The zero-order chi connectivity index (χ0) is 15.6. The maximum atomic E-state index is 12.5. The maximum Gasteiger partial charge on any atom is 0.573 e. The first-order chi connectivity index (χ1) is 9.78. The number of alkyl halides is 3. The lowest BCUT2D eigenvalue weighted by Gasteiger charge is -2.19. The van der Waals surface area contributed by atoms with Gasteiger partial charge in [0.1, 0.15) is 5.75 Å². The number of rotatable bonds is 3. The fourth-order valence-corrected chi connectivity index (χ4v) is 2.45. The van der Waals surface area contributed by atoms with Crippen LogP contribution in [0.15, 0.2) is 46.9 Å². The monoisotopic (exact) mass is 359 g/mol. The molecule has 0 amide bonds. The zero-order valence-electron chi connectivity index (χ0n) is 11.1. The Hall–Kier alpha value is -1.53. The van der Waals surface area contributed by atoms with Crippen LogP contribution in [-0.4, -0.2) is 6.36 Å². The van der Waals surface area contributed by atoms with Gasteiger partial charge in [0.05, 0.1) is 6.04 Å². The predicted molar refractivity (Wildman–Crippen MR) is 78.0 cm³/mol. The van der Waals surface area contributed by atoms with Gasteiger partial charge in [-0.3, -0.25) is 0 Å². The molecular weight excluding hydrogens is 347 g/mol. The number of aryl methyl sites for hydroxylation is 1. The Morgan fingerprint density at radius 3 is 2.43 bits per heavy atom. The van der Waals surface area contributed by atoms with Crippen LogP contribution in [0.4, 0.5) is 13.2 Å². The van der Waals surface area contributed by atoms with Crippen molar-refractivity contribution in [3.63, 3.8) is 0 Å². The van der Waals surface area contributed by atoms with Crippen LogP contribution in [0.5, 0.6) is 5.75 Å².